The maximum absolute atomic E-state index is 13.1. The lowest BCUT2D eigenvalue weighted by Gasteiger charge is -2.32. The summed E-state index contributed by atoms with van der Waals surface area (Å²) in [5.74, 6) is 2.53. The number of rotatable bonds is 8. The Morgan fingerprint density at radius 1 is 1.03 bits per heavy atom. The van der Waals surface area contributed by atoms with Gasteiger partial charge in [0.25, 0.3) is 5.91 Å². The van der Waals surface area contributed by atoms with Crippen molar-refractivity contribution in [1.29, 1.82) is 0 Å². The van der Waals surface area contributed by atoms with E-state index >= 15 is 0 Å². The first-order chi connectivity index (χ1) is 16.6. The Kier molecular flexibility index (Phi) is 7.86. The van der Waals surface area contributed by atoms with Gasteiger partial charge in [-0.3, -0.25) is 4.79 Å². The highest BCUT2D eigenvalue weighted by Gasteiger charge is 2.20. The first kappa shape index (κ1) is 23.8. The molecule has 0 unspecified atom stereocenters. The summed E-state index contributed by atoms with van der Waals surface area (Å²) in [6.45, 7) is 7.62. The molecule has 1 aliphatic rings. The molecule has 1 amide bonds. The zero-order valence-electron chi connectivity index (χ0n) is 19.7. The fourth-order valence-electron chi connectivity index (χ4n) is 3.42. The Balaban J connectivity index is 1.64. The molecule has 1 fully saturated rings. The predicted octanol–water partition coefficient (Wildman–Crippen LogP) is 3.08. The highest BCUT2D eigenvalue weighted by atomic mass is 32.2. The average Bonchev–Trinajstić information content (AvgIpc) is 2.85. The molecule has 0 aliphatic carbocycles. The van der Waals surface area contributed by atoms with Crippen molar-refractivity contribution in [1.82, 2.24) is 29.8 Å². The van der Waals surface area contributed by atoms with Gasteiger partial charge in [0.2, 0.25) is 11.9 Å². The highest BCUT2D eigenvalue weighted by Crippen LogP contribution is 2.23. The minimum Gasteiger partial charge on any atom is -0.338 e. The number of piperazine rings is 1. The Hall–Kier alpha value is -3.31. The normalized spacial score (nSPS) is 14.1. The SMILES string of the molecule is CCSc1ncc(C(=O)Nc2ccccc2)c(Nc2nc(CC)nc(N3CCN(C)CC3)n2)n1. The number of benzene rings is 1. The summed E-state index contributed by atoms with van der Waals surface area (Å²) in [4.78, 5) is 40.3. The fraction of sp³-hybridized carbons (Fsp3) is 0.391. The number of hydrogen-bond acceptors (Lipinski definition) is 10. The number of carbonyl (C=O) groups is 1. The van der Waals surface area contributed by atoms with Crippen LogP contribution in [-0.2, 0) is 6.42 Å². The van der Waals surface area contributed by atoms with Crippen molar-refractivity contribution in [3.63, 3.8) is 0 Å². The second-order valence-electron chi connectivity index (χ2n) is 7.81. The van der Waals surface area contributed by atoms with Crippen LogP contribution < -0.4 is 15.5 Å². The third-order valence-corrected chi connectivity index (χ3v) is 6.06. The second kappa shape index (κ2) is 11.2. The first-order valence-electron chi connectivity index (χ1n) is 11.4. The molecule has 3 aromatic rings. The molecular formula is C23H29N9OS. The summed E-state index contributed by atoms with van der Waals surface area (Å²) in [5.41, 5.74) is 1.00. The van der Waals surface area contributed by atoms with Crippen LogP contribution >= 0.6 is 11.8 Å². The van der Waals surface area contributed by atoms with E-state index in [9.17, 15) is 4.79 Å². The number of para-hydroxylation sites is 1. The van der Waals surface area contributed by atoms with Crippen LogP contribution in [0.4, 0.5) is 23.4 Å². The van der Waals surface area contributed by atoms with E-state index in [1.807, 2.05) is 44.2 Å². The van der Waals surface area contributed by atoms with Crippen molar-refractivity contribution in [3.05, 3.63) is 47.9 Å². The zero-order valence-corrected chi connectivity index (χ0v) is 20.5. The van der Waals surface area contributed by atoms with Crippen LogP contribution in [0.25, 0.3) is 0 Å². The number of thioether (sulfide) groups is 1. The molecule has 2 N–H and O–H groups in total. The van der Waals surface area contributed by atoms with Gasteiger partial charge in [-0.05, 0) is 24.9 Å². The van der Waals surface area contributed by atoms with Crippen molar-refractivity contribution < 1.29 is 4.79 Å². The summed E-state index contributed by atoms with van der Waals surface area (Å²) in [6, 6.07) is 9.28. The van der Waals surface area contributed by atoms with E-state index in [0.717, 1.165) is 31.9 Å². The van der Waals surface area contributed by atoms with Crippen LogP contribution in [0.15, 0.2) is 41.7 Å². The van der Waals surface area contributed by atoms with Crippen molar-refractivity contribution in [2.45, 2.75) is 25.4 Å². The van der Waals surface area contributed by atoms with E-state index in [1.165, 1.54) is 18.0 Å². The molecule has 3 heterocycles. The maximum atomic E-state index is 13.1. The van der Waals surface area contributed by atoms with Gasteiger partial charge in [-0.15, -0.1) is 0 Å². The minimum absolute atomic E-state index is 0.309. The smallest absolute Gasteiger partial charge is 0.261 e. The predicted molar refractivity (Wildman–Crippen MR) is 135 cm³/mol. The Labute approximate surface area is 203 Å². The van der Waals surface area contributed by atoms with Crippen LogP contribution in [0.2, 0.25) is 0 Å². The van der Waals surface area contributed by atoms with Gasteiger partial charge in [0.15, 0.2) is 5.16 Å². The Morgan fingerprint density at radius 2 is 1.79 bits per heavy atom. The third kappa shape index (κ3) is 5.97. The van der Waals surface area contributed by atoms with Crippen LogP contribution in [0.1, 0.15) is 30.0 Å². The first-order valence-corrected chi connectivity index (χ1v) is 12.4. The highest BCUT2D eigenvalue weighted by molar-refractivity contribution is 7.99. The number of anilines is 4. The van der Waals surface area contributed by atoms with Gasteiger partial charge in [0, 0.05) is 44.5 Å². The Morgan fingerprint density at radius 3 is 2.50 bits per heavy atom. The topological polar surface area (TPSA) is 112 Å². The van der Waals surface area contributed by atoms with Gasteiger partial charge in [-0.25, -0.2) is 9.97 Å². The van der Waals surface area contributed by atoms with E-state index in [-0.39, 0.29) is 5.91 Å². The van der Waals surface area contributed by atoms with E-state index in [2.05, 4.69) is 52.4 Å². The standard InChI is InChI=1S/C23H29N9OS/c1-4-18-26-21(30-22(27-18)32-13-11-31(3)12-14-32)28-19-17(15-24-23(29-19)34-5-2)20(33)25-16-9-7-6-8-10-16/h6-10,15H,4-5,11-14H2,1-3H3,(H,25,33)(H,24,26,27,28,29,30). The lowest BCUT2D eigenvalue weighted by atomic mass is 10.2. The molecular weight excluding hydrogens is 450 g/mol. The van der Waals surface area contributed by atoms with Gasteiger partial charge in [0.1, 0.15) is 17.2 Å². The molecule has 34 heavy (non-hydrogen) atoms. The quantitative estimate of drug-likeness (QED) is 0.369. The van der Waals surface area contributed by atoms with Crippen LogP contribution in [0, 0.1) is 0 Å². The van der Waals surface area contributed by atoms with Crippen LogP contribution in [-0.4, -0.2) is 74.7 Å². The number of aryl methyl sites for hydroxylation is 1. The molecule has 10 nitrogen and oxygen atoms in total. The number of nitrogens with one attached hydrogen (secondary N) is 2. The molecule has 2 aromatic heterocycles. The Bertz CT molecular complexity index is 1120. The lowest BCUT2D eigenvalue weighted by Crippen LogP contribution is -2.45. The molecule has 0 atom stereocenters. The molecule has 1 aromatic carbocycles. The number of amides is 1. The summed E-state index contributed by atoms with van der Waals surface area (Å²) in [5, 5.41) is 6.64. The molecule has 0 saturated carbocycles. The number of likely N-dealkylation sites (N-methyl/N-ethyl adjacent to an activating group) is 1. The van der Waals surface area contributed by atoms with Gasteiger partial charge < -0.3 is 20.4 Å². The lowest BCUT2D eigenvalue weighted by molar-refractivity contribution is 0.102. The van der Waals surface area contributed by atoms with Gasteiger partial charge in [-0.2, -0.15) is 15.0 Å². The van der Waals surface area contributed by atoms with Crippen molar-refractivity contribution in [2.75, 3.05) is 54.5 Å². The molecule has 4 rings (SSSR count). The largest absolute Gasteiger partial charge is 0.338 e. The minimum atomic E-state index is -0.314. The summed E-state index contributed by atoms with van der Waals surface area (Å²) >= 11 is 1.50. The maximum Gasteiger partial charge on any atom is 0.261 e. The number of carbonyl (C=O) groups excluding carboxylic acids is 1. The van der Waals surface area contributed by atoms with E-state index in [4.69, 9.17) is 0 Å². The molecule has 0 bridgehead atoms. The molecule has 11 heteroatoms. The van der Waals surface area contributed by atoms with Gasteiger partial charge in [-0.1, -0.05) is 43.8 Å². The zero-order chi connectivity index (χ0) is 23.9. The number of nitrogens with zero attached hydrogens (tertiary/aromatic N) is 7. The second-order valence-corrected chi connectivity index (χ2v) is 9.04. The summed E-state index contributed by atoms with van der Waals surface area (Å²) in [7, 11) is 2.11. The van der Waals surface area contributed by atoms with Crippen LogP contribution in [0.3, 0.4) is 0 Å². The van der Waals surface area contributed by atoms with Gasteiger partial charge >= 0.3 is 0 Å². The van der Waals surface area contributed by atoms with E-state index < -0.39 is 0 Å². The molecule has 178 valence electrons. The molecule has 1 saturated heterocycles. The molecule has 0 radical (unpaired) electrons. The number of aromatic nitrogens is 5. The summed E-state index contributed by atoms with van der Waals surface area (Å²) in [6.07, 6.45) is 2.20. The summed E-state index contributed by atoms with van der Waals surface area (Å²) < 4.78 is 0. The molecule has 0 spiro atoms. The van der Waals surface area contributed by atoms with Crippen molar-refractivity contribution in [2.24, 2.45) is 0 Å². The fourth-order valence-corrected chi connectivity index (χ4v) is 3.96. The monoisotopic (exact) mass is 479 g/mol. The number of hydrogen-bond donors (Lipinski definition) is 2. The van der Waals surface area contributed by atoms with E-state index in [1.54, 1.807) is 0 Å². The molecule has 1 aliphatic heterocycles. The third-order valence-electron chi connectivity index (χ3n) is 5.32. The van der Waals surface area contributed by atoms with Crippen molar-refractivity contribution in [3.8, 4) is 0 Å². The van der Waals surface area contributed by atoms with Crippen molar-refractivity contribution >= 4 is 41.1 Å². The average molecular weight is 480 g/mol. The van der Waals surface area contributed by atoms with E-state index in [0.29, 0.717) is 46.4 Å². The van der Waals surface area contributed by atoms with Crippen LogP contribution in [0.5, 0.6) is 0 Å². The van der Waals surface area contributed by atoms with Gasteiger partial charge in [0.05, 0.1) is 0 Å².